The fourth-order valence-corrected chi connectivity index (χ4v) is 3.48. The van der Waals surface area contributed by atoms with Crippen LogP contribution in [-0.4, -0.2) is 34.7 Å². The molecule has 24 heavy (non-hydrogen) atoms. The topological polar surface area (TPSA) is 67.8 Å². The van der Waals surface area contributed by atoms with E-state index >= 15 is 0 Å². The highest BCUT2D eigenvalue weighted by Gasteiger charge is 2.20. The molecule has 0 bridgehead atoms. The first-order chi connectivity index (χ1) is 11.0. The van der Waals surface area contributed by atoms with Crippen LogP contribution in [0.5, 0.6) is 0 Å². The van der Waals surface area contributed by atoms with E-state index in [1.807, 2.05) is 51.1 Å². The fraction of sp³-hybridized carbons (Fsp3) is 0.611. The van der Waals surface area contributed by atoms with Crippen LogP contribution >= 0.6 is 0 Å². The Balaban J connectivity index is 2.84. The summed E-state index contributed by atoms with van der Waals surface area (Å²) in [5.74, 6) is 0.379. The van der Waals surface area contributed by atoms with Gasteiger partial charge in [-0.15, -0.1) is 0 Å². The third kappa shape index (κ3) is 7.81. The minimum absolute atomic E-state index is 0.204. The van der Waals surface area contributed by atoms with E-state index in [2.05, 4.69) is 23.5 Å². The van der Waals surface area contributed by atoms with Crippen LogP contribution in [0, 0.1) is 5.92 Å². The lowest BCUT2D eigenvalue weighted by molar-refractivity contribution is 0.0501. The Morgan fingerprint density at radius 2 is 1.83 bits per heavy atom. The molecular formula is C18H30N2O3S. The van der Waals surface area contributed by atoms with Crippen molar-refractivity contribution >= 4 is 15.8 Å². The quantitative estimate of drug-likeness (QED) is 0.837. The molecule has 0 fully saturated rings. The van der Waals surface area contributed by atoms with Gasteiger partial charge in [0, 0.05) is 11.2 Å². The molecule has 0 aliphatic rings. The molecule has 1 aromatic rings. The number of alkyl carbamates (subject to hydrolysis) is 1. The minimum atomic E-state index is -2.48. The normalized spacial score (nSPS) is 15.5. The van der Waals surface area contributed by atoms with Crippen LogP contribution in [0.4, 0.5) is 4.79 Å². The van der Waals surface area contributed by atoms with E-state index in [4.69, 9.17) is 4.74 Å². The van der Waals surface area contributed by atoms with Crippen LogP contribution in [0.2, 0.25) is 0 Å². The number of ether oxygens (including phenoxy) is 1. The molecule has 0 heterocycles. The van der Waals surface area contributed by atoms with Gasteiger partial charge in [-0.05, 0) is 45.2 Å². The summed E-state index contributed by atoms with van der Waals surface area (Å²) in [5.41, 5.74) is -0.550. The summed E-state index contributed by atoms with van der Waals surface area (Å²) in [6, 6.07) is 8.99. The second-order valence-corrected chi connectivity index (χ2v) is 9.73. The smallest absolute Gasteiger partial charge is 0.407 e. The third-order valence-electron chi connectivity index (χ3n) is 3.20. The number of hydrogen-bond acceptors (Lipinski definition) is 4. The number of carbonyl (C=O) groups is 1. The van der Waals surface area contributed by atoms with Crippen LogP contribution in [-0.2, 0) is 14.5 Å². The average molecular weight is 355 g/mol. The van der Waals surface area contributed by atoms with E-state index < -0.39 is 21.4 Å². The van der Waals surface area contributed by atoms with Crippen molar-refractivity contribution in [2.45, 2.75) is 57.6 Å². The van der Waals surface area contributed by atoms with Crippen molar-refractivity contribution in [3.63, 3.8) is 0 Å². The van der Waals surface area contributed by atoms with Crippen LogP contribution in [0.1, 0.15) is 41.0 Å². The van der Waals surface area contributed by atoms with Crippen molar-refractivity contribution < 1.29 is 13.7 Å². The number of nitrogens with zero attached hydrogens (tertiary/aromatic N) is 1. The van der Waals surface area contributed by atoms with Gasteiger partial charge in [-0.2, -0.15) is 0 Å². The predicted octanol–water partition coefficient (Wildman–Crippen LogP) is 4.08. The zero-order valence-electron chi connectivity index (χ0n) is 15.5. The maximum absolute atomic E-state index is 12.8. The molecule has 1 N–H and O–H groups in total. The number of hydrogen-bond donors (Lipinski definition) is 1. The molecule has 0 radical (unpaired) electrons. The lowest BCUT2D eigenvalue weighted by Gasteiger charge is -2.24. The number of amides is 1. The van der Waals surface area contributed by atoms with Gasteiger partial charge >= 0.3 is 6.09 Å². The maximum atomic E-state index is 12.8. The standard InChI is InChI=1S/C18H30N2O3S/c1-14(2)12-15(20-17(21)23-18(3,4)5)13-19-24(6,22)16-10-8-7-9-11-16/h7-11,14-15H,12-13H2,1-6H3,(H,20,21)/t15-,24-/m0/s1. The van der Waals surface area contributed by atoms with Gasteiger partial charge in [-0.3, -0.25) is 0 Å². The lowest BCUT2D eigenvalue weighted by Crippen LogP contribution is -2.41. The van der Waals surface area contributed by atoms with Gasteiger partial charge in [0.05, 0.1) is 22.3 Å². The Morgan fingerprint density at radius 1 is 1.25 bits per heavy atom. The molecule has 6 heteroatoms. The monoisotopic (exact) mass is 354 g/mol. The van der Waals surface area contributed by atoms with Crippen molar-refractivity contribution in [2.75, 3.05) is 12.8 Å². The number of carbonyl (C=O) groups excluding carboxylic acids is 1. The van der Waals surface area contributed by atoms with Crippen molar-refractivity contribution in [2.24, 2.45) is 10.3 Å². The van der Waals surface area contributed by atoms with Crippen molar-refractivity contribution in [3.8, 4) is 0 Å². The van der Waals surface area contributed by atoms with Crippen LogP contribution < -0.4 is 5.32 Å². The summed E-state index contributed by atoms with van der Waals surface area (Å²) in [6.45, 7) is 9.91. The van der Waals surface area contributed by atoms with E-state index in [0.29, 0.717) is 17.4 Å². The van der Waals surface area contributed by atoms with Crippen molar-refractivity contribution in [1.82, 2.24) is 5.32 Å². The van der Waals surface area contributed by atoms with Gasteiger partial charge in [0.15, 0.2) is 0 Å². The molecule has 0 spiro atoms. The zero-order valence-corrected chi connectivity index (χ0v) is 16.4. The molecule has 1 rings (SSSR count). The molecule has 0 saturated heterocycles. The van der Waals surface area contributed by atoms with Gasteiger partial charge in [0.1, 0.15) is 5.60 Å². The Hall–Kier alpha value is -1.56. The average Bonchev–Trinajstić information content (AvgIpc) is 2.43. The van der Waals surface area contributed by atoms with Crippen molar-refractivity contribution in [1.29, 1.82) is 0 Å². The first-order valence-corrected chi connectivity index (χ1v) is 10.1. The van der Waals surface area contributed by atoms with Gasteiger partial charge in [-0.25, -0.2) is 13.4 Å². The van der Waals surface area contributed by atoms with Gasteiger partial charge in [0.25, 0.3) is 0 Å². The molecule has 1 aromatic carbocycles. The van der Waals surface area contributed by atoms with Gasteiger partial charge in [0.2, 0.25) is 0 Å². The first kappa shape index (κ1) is 20.5. The number of benzene rings is 1. The van der Waals surface area contributed by atoms with Gasteiger partial charge < -0.3 is 10.1 Å². The molecule has 0 aliphatic carbocycles. The van der Waals surface area contributed by atoms with Crippen LogP contribution in [0.15, 0.2) is 39.6 Å². The SMILES string of the molecule is CC(C)C[C@@H](CN=[S@@](C)(=O)c1ccccc1)NC(=O)OC(C)(C)C. The van der Waals surface area contributed by atoms with E-state index in [-0.39, 0.29) is 6.04 Å². The van der Waals surface area contributed by atoms with Gasteiger partial charge in [-0.1, -0.05) is 32.0 Å². The number of rotatable bonds is 6. The molecule has 2 atom stereocenters. The Labute approximate surface area is 146 Å². The summed E-state index contributed by atoms with van der Waals surface area (Å²) < 4.78 is 22.5. The number of nitrogens with one attached hydrogen (secondary N) is 1. The molecule has 0 saturated carbocycles. The maximum Gasteiger partial charge on any atom is 0.407 e. The largest absolute Gasteiger partial charge is 0.444 e. The first-order valence-electron chi connectivity index (χ1n) is 8.22. The Kier molecular flexibility index (Phi) is 7.27. The zero-order chi connectivity index (χ0) is 18.4. The summed E-state index contributed by atoms with van der Waals surface area (Å²) in [5, 5.41) is 2.85. The van der Waals surface area contributed by atoms with Crippen LogP contribution in [0.3, 0.4) is 0 Å². The van der Waals surface area contributed by atoms with E-state index in [0.717, 1.165) is 6.42 Å². The van der Waals surface area contributed by atoms with Crippen LogP contribution in [0.25, 0.3) is 0 Å². The molecule has 0 unspecified atom stereocenters. The van der Waals surface area contributed by atoms with E-state index in [1.165, 1.54) is 0 Å². The Morgan fingerprint density at radius 3 is 2.33 bits per heavy atom. The molecule has 0 aromatic heterocycles. The summed E-state index contributed by atoms with van der Waals surface area (Å²) in [4.78, 5) is 12.7. The van der Waals surface area contributed by atoms with E-state index in [1.54, 1.807) is 6.26 Å². The molecular weight excluding hydrogens is 324 g/mol. The summed E-state index contributed by atoms with van der Waals surface area (Å²) >= 11 is 0. The minimum Gasteiger partial charge on any atom is -0.444 e. The predicted molar refractivity (Wildman–Crippen MR) is 98.7 cm³/mol. The highest BCUT2D eigenvalue weighted by molar-refractivity contribution is 7.93. The highest BCUT2D eigenvalue weighted by Crippen LogP contribution is 2.13. The molecule has 1 amide bonds. The Bertz CT molecular complexity index is 642. The third-order valence-corrected chi connectivity index (χ3v) is 4.99. The second kappa shape index (κ2) is 8.51. The van der Waals surface area contributed by atoms with Crippen molar-refractivity contribution in [3.05, 3.63) is 30.3 Å². The lowest BCUT2D eigenvalue weighted by atomic mass is 10.0. The second-order valence-electron chi connectivity index (χ2n) is 7.40. The summed E-state index contributed by atoms with van der Waals surface area (Å²) in [7, 11) is -2.48. The van der Waals surface area contributed by atoms with E-state index in [9.17, 15) is 9.00 Å². The highest BCUT2D eigenvalue weighted by atomic mass is 32.2. The molecule has 0 aliphatic heterocycles. The molecule has 5 nitrogen and oxygen atoms in total. The summed E-state index contributed by atoms with van der Waals surface area (Å²) in [6.07, 6.45) is 1.90. The molecule has 136 valence electrons. The fourth-order valence-electron chi connectivity index (χ4n) is 2.20.